The van der Waals surface area contributed by atoms with E-state index in [2.05, 4.69) is 27.1 Å². The van der Waals surface area contributed by atoms with E-state index in [1.54, 1.807) is 13.2 Å². The highest BCUT2D eigenvalue weighted by atomic mass is 16.2. The molecule has 0 spiro atoms. The van der Waals surface area contributed by atoms with Crippen molar-refractivity contribution in [2.24, 2.45) is 7.05 Å². The van der Waals surface area contributed by atoms with E-state index in [-0.39, 0.29) is 11.5 Å². The molecule has 1 atom stereocenters. The highest BCUT2D eigenvalue weighted by molar-refractivity contribution is 6.08. The summed E-state index contributed by atoms with van der Waals surface area (Å²) in [7, 11) is 1.63. The molecule has 0 saturated carbocycles. The first kappa shape index (κ1) is 21.5. The molecule has 4 rings (SSSR count). The number of fused-ring (bicyclic) bond motifs is 3. The molecule has 0 radical (unpaired) electrons. The van der Waals surface area contributed by atoms with Gasteiger partial charge in [0.25, 0.3) is 5.56 Å². The van der Waals surface area contributed by atoms with Gasteiger partial charge in [0.2, 0.25) is 5.91 Å². The Balaban J connectivity index is 1.45. The summed E-state index contributed by atoms with van der Waals surface area (Å²) in [5.41, 5.74) is 1.20. The number of rotatable bonds is 7. The lowest BCUT2D eigenvalue weighted by Gasteiger charge is -2.34. The summed E-state index contributed by atoms with van der Waals surface area (Å²) in [5, 5.41) is 8.97. The van der Waals surface area contributed by atoms with E-state index in [0.29, 0.717) is 12.1 Å². The van der Waals surface area contributed by atoms with Gasteiger partial charge < -0.3 is 19.7 Å². The van der Waals surface area contributed by atoms with Crippen LogP contribution >= 0.6 is 0 Å². The predicted molar refractivity (Wildman–Crippen MR) is 123 cm³/mol. The summed E-state index contributed by atoms with van der Waals surface area (Å²) in [6, 6.07) is 7.30. The topological polar surface area (TPSA) is 75.4 Å². The van der Waals surface area contributed by atoms with Crippen LogP contribution in [0.5, 0.6) is 0 Å². The molecule has 1 aliphatic rings. The Kier molecular flexibility index (Phi) is 6.38. The van der Waals surface area contributed by atoms with E-state index in [9.17, 15) is 9.59 Å². The fraction of sp³-hybridized carbons (Fsp3) is 0.522. The summed E-state index contributed by atoms with van der Waals surface area (Å²) in [4.78, 5) is 30.8. The van der Waals surface area contributed by atoms with Gasteiger partial charge in [-0.2, -0.15) is 5.10 Å². The van der Waals surface area contributed by atoms with E-state index in [0.717, 1.165) is 62.0 Å². The molecule has 31 heavy (non-hydrogen) atoms. The third kappa shape index (κ3) is 4.22. The third-order valence-electron chi connectivity index (χ3n) is 6.44. The van der Waals surface area contributed by atoms with E-state index in [4.69, 9.17) is 0 Å². The summed E-state index contributed by atoms with van der Waals surface area (Å²) in [6.07, 6.45) is 2.63. The third-order valence-corrected chi connectivity index (χ3v) is 6.44. The Bertz CT molecular complexity index is 1130. The normalized spacial score (nSPS) is 16.7. The van der Waals surface area contributed by atoms with Crippen LogP contribution in [-0.2, 0) is 11.8 Å². The number of para-hydroxylation sites is 1. The predicted octanol–water partition coefficient (Wildman–Crippen LogP) is 1.59. The number of hydrogen-bond acceptors (Lipinski definition) is 5. The van der Waals surface area contributed by atoms with Gasteiger partial charge in [-0.1, -0.05) is 25.1 Å². The molecule has 1 amide bonds. The van der Waals surface area contributed by atoms with Crippen LogP contribution in [-0.4, -0.2) is 75.9 Å². The lowest BCUT2D eigenvalue weighted by Crippen LogP contribution is -2.46. The molecule has 0 unspecified atom stereocenters. The first-order valence-electron chi connectivity index (χ1n) is 11.2. The number of aryl methyl sites for hydroxylation is 1. The number of aromatic nitrogens is 3. The van der Waals surface area contributed by atoms with E-state index in [1.807, 2.05) is 35.8 Å². The molecule has 2 aromatic heterocycles. The number of carbonyl (C=O) groups excluding carboxylic acids is 1. The zero-order valence-electron chi connectivity index (χ0n) is 18.7. The number of nitrogens with zero attached hydrogens (tertiary/aromatic N) is 5. The smallest absolute Gasteiger partial charge is 0.291 e. The largest absolute Gasteiger partial charge is 0.354 e. The molecular weight excluding hydrogens is 392 g/mol. The molecule has 1 aromatic carbocycles. The molecule has 8 heteroatoms. The minimum atomic E-state index is -0.495. The first-order valence-corrected chi connectivity index (χ1v) is 11.2. The number of likely N-dealkylation sites (N-methyl/N-ethyl adjacent to an activating group) is 1. The van der Waals surface area contributed by atoms with Crippen molar-refractivity contribution in [1.29, 1.82) is 0 Å². The zero-order chi connectivity index (χ0) is 22.0. The van der Waals surface area contributed by atoms with Crippen molar-refractivity contribution in [1.82, 2.24) is 29.5 Å². The second-order valence-corrected chi connectivity index (χ2v) is 8.32. The van der Waals surface area contributed by atoms with Crippen molar-refractivity contribution in [3.8, 4) is 0 Å². The van der Waals surface area contributed by atoms with Gasteiger partial charge in [-0.15, -0.1) is 0 Å². The standard InChI is InChI=1S/C23H32N6O2/c1-4-27-12-14-28(15-13-27)11-7-10-24-22(30)17(2)29-20-9-6-5-8-18(20)19-16-25-26(3)23(31)21(19)29/h5-6,8-9,16-17H,4,7,10-15H2,1-3H3,(H,24,30)/t17-/m1/s1. The van der Waals surface area contributed by atoms with Gasteiger partial charge in [0, 0.05) is 50.5 Å². The number of hydrogen-bond donors (Lipinski definition) is 1. The monoisotopic (exact) mass is 424 g/mol. The number of nitrogens with one attached hydrogen (secondary N) is 1. The molecule has 3 heterocycles. The van der Waals surface area contributed by atoms with Crippen molar-refractivity contribution in [2.45, 2.75) is 26.3 Å². The SMILES string of the molecule is CCN1CCN(CCCNC(=O)[C@@H](C)n2c3ccccc3c3cnn(C)c(=O)c32)CC1. The van der Waals surface area contributed by atoms with E-state index in [1.165, 1.54) is 4.68 Å². The Morgan fingerprint density at radius 2 is 1.84 bits per heavy atom. The van der Waals surface area contributed by atoms with Crippen LogP contribution in [0, 0.1) is 0 Å². The Labute approximate surface area is 182 Å². The van der Waals surface area contributed by atoms with Gasteiger partial charge in [-0.3, -0.25) is 9.59 Å². The van der Waals surface area contributed by atoms with Gasteiger partial charge in [0.15, 0.2) is 0 Å². The summed E-state index contributed by atoms with van der Waals surface area (Å²) >= 11 is 0. The Morgan fingerprint density at radius 1 is 1.13 bits per heavy atom. The van der Waals surface area contributed by atoms with Crippen molar-refractivity contribution in [3.05, 3.63) is 40.8 Å². The van der Waals surface area contributed by atoms with Crippen LogP contribution < -0.4 is 10.9 Å². The molecule has 0 aliphatic carbocycles. The number of carbonyl (C=O) groups is 1. The fourth-order valence-corrected chi connectivity index (χ4v) is 4.50. The quantitative estimate of drug-likeness (QED) is 0.583. The van der Waals surface area contributed by atoms with Crippen LogP contribution in [0.1, 0.15) is 26.3 Å². The first-order chi connectivity index (χ1) is 15.0. The molecule has 3 aromatic rings. The minimum absolute atomic E-state index is 0.0719. The lowest BCUT2D eigenvalue weighted by molar-refractivity contribution is -0.123. The minimum Gasteiger partial charge on any atom is -0.354 e. The second kappa shape index (κ2) is 9.20. The van der Waals surface area contributed by atoms with Crippen molar-refractivity contribution in [2.75, 3.05) is 45.8 Å². The highest BCUT2D eigenvalue weighted by Gasteiger charge is 2.23. The molecule has 1 saturated heterocycles. The van der Waals surface area contributed by atoms with E-state index < -0.39 is 6.04 Å². The molecule has 1 N–H and O–H groups in total. The van der Waals surface area contributed by atoms with Gasteiger partial charge in [-0.25, -0.2) is 4.68 Å². The van der Waals surface area contributed by atoms with Crippen LogP contribution in [0.2, 0.25) is 0 Å². The average molecular weight is 425 g/mol. The van der Waals surface area contributed by atoms with Crippen LogP contribution in [0.25, 0.3) is 21.8 Å². The Hall–Kier alpha value is -2.71. The number of amides is 1. The molecule has 1 aliphatic heterocycles. The molecule has 0 bridgehead atoms. The maximum atomic E-state index is 13.0. The van der Waals surface area contributed by atoms with Crippen molar-refractivity contribution >= 4 is 27.7 Å². The zero-order valence-corrected chi connectivity index (χ0v) is 18.7. The molecule has 8 nitrogen and oxygen atoms in total. The second-order valence-electron chi connectivity index (χ2n) is 8.32. The van der Waals surface area contributed by atoms with Gasteiger partial charge >= 0.3 is 0 Å². The number of benzene rings is 1. The van der Waals surface area contributed by atoms with E-state index >= 15 is 0 Å². The average Bonchev–Trinajstić information content (AvgIpc) is 3.14. The van der Waals surface area contributed by atoms with Crippen molar-refractivity contribution < 1.29 is 4.79 Å². The number of piperazine rings is 1. The summed E-state index contributed by atoms with van der Waals surface area (Å²) in [6.45, 7) is 11.2. The van der Waals surface area contributed by atoms with Gasteiger partial charge in [-0.05, 0) is 32.5 Å². The molecule has 166 valence electrons. The summed E-state index contributed by atoms with van der Waals surface area (Å²) < 4.78 is 3.18. The summed E-state index contributed by atoms with van der Waals surface area (Å²) in [5.74, 6) is -0.0719. The molecule has 1 fully saturated rings. The van der Waals surface area contributed by atoms with Gasteiger partial charge in [0.1, 0.15) is 11.6 Å². The molecular formula is C23H32N6O2. The maximum absolute atomic E-state index is 13.0. The fourth-order valence-electron chi connectivity index (χ4n) is 4.50. The highest BCUT2D eigenvalue weighted by Crippen LogP contribution is 2.29. The van der Waals surface area contributed by atoms with Crippen LogP contribution in [0.3, 0.4) is 0 Å². The van der Waals surface area contributed by atoms with Crippen LogP contribution in [0.4, 0.5) is 0 Å². The Morgan fingerprint density at radius 3 is 2.58 bits per heavy atom. The lowest BCUT2D eigenvalue weighted by atomic mass is 10.2. The maximum Gasteiger partial charge on any atom is 0.291 e. The van der Waals surface area contributed by atoms with Crippen molar-refractivity contribution in [3.63, 3.8) is 0 Å². The van der Waals surface area contributed by atoms with Gasteiger partial charge in [0.05, 0.1) is 11.7 Å². The van der Waals surface area contributed by atoms with Crippen LogP contribution in [0.15, 0.2) is 35.3 Å².